The van der Waals surface area contributed by atoms with E-state index in [1.165, 1.54) is 0 Å². The van der Waals surface area contributed by atoms with E-state index in [4.69, 9.17) is 26.3 Å². The molecule has 13 heteroatoms. The summed E-state index contributed by atoms with van der Waals surface area (Å²) in [4.78, 5) is 48.4. The number of hydrogen-bond donors (Lipinski definition) is 4. The van der Waals surface area contributed by atoms with Crippen LogP contribution in [0, 0.1) is 0 Å². The lowest BCUT2D eigenvalue weighted by Gasteiger charge is -2.10. The van der Waals surface area contributed by atoms with Gasteiger partial charge in [-0.25, -0.2) is 9.97 Å². The van der Waals surface area contributed by atoms with Gasteiger partial charge in [-0.15, -0.1) is 0 Å². The quantitative estimate of drug-likeness (QED) is 0.0691. The van der Waals surface area contributed by atoms with Crippen LogP contribution in [0.5, 0.6) is 5.75 Å². The van der Waals surface area contributed by atoms with Crippen molar-refractivity contribution in [3.63, 3.8) is 0 Å². The minimum absolute atomic E-state index is 0.0606. The Morgan fingerprint density at radius 2 is 1.00 bits per heavy atom. The van der Waals surface area contributed by atoms with Crippen LogP contribution in [0.1, 0.15) is 54.9 Å². The van der Waals surface area contributed by atoms with Gasteiger partial charge in [0.2, 0.25) is 5.91 Å². The normalized spacial score (nSPS) is 11.8. The standard InChI is InChI=1S/C59H49ClN10O2/c60-42-8-11-44-45(26-35-65-54(44)37-42)64-27-2-3-28-66-55(71)5-1-4-36-72-43-9-6-38(7-10-43)56-46-12-14-48(67-46)57(39-20-29-61-30-21-39)50-16-18-52(69-50)59(41-24-33-63-34-25-41)53-19-17-51(70-53)58(40-22-31-62-32-23-40)49-15-13-47(56)68-49/h6-26,29-35,37,67,70H,1-5,27-28,36H2,(H,64,65)(H,66,71). The summed E-state index contributed by atoms with van der Waals surface area (Å²) in [6, 6.07) is 36.4. The molecule has 7 aromatic heterocycles. The number of benzene rings is 2. The van der Waals surface area contributed by atoms with Crippen LogP contribution in [0.2, 0.25) is 5.02 Å². The number of nitrogens with one attached hydrogen (secondary N) is 4. The van der Waals surface area contributed by atoms with Gasteiger partial charge in [0.15, 0.2) is 0 Å². The number of halogens is 1. The Bertz CT molecular complexity index is 3610. The van der Waals surface area contributed by atoms with E-state index < -0.39 is 0 Å². The molecule has 9 aromatic rings. The minimum atomic E-state index is 0.0606. The molecule has 2 aliphatic rings. The molecule has 0 atom stereocenters. The number of anilines is 1. The molecule has 8 bridgehead atoms. The van der Waals surface area contributed by atoms with E-state index >= 15 is 0 Å². The first kappa shape index (κ1) is 45.7. The van der Waals surface area contributed by atoms with Crippen molar-refractivity contribution in [1.82, 2.24) is 45.2 Å². The average Bonchev–Trinajstić information content (AvgIpc) is 4.27. The van der Waals surface area contributed by atoms with E-state index in [2.05, 4.69) is 101 Å². The summed E-state index contributed by atoms with van der Waals surface area (Å²) in [6.07, 6.45) is 24.7. The first-order chi connectivity index (χ1) is 35.5. The van der Waals surface area contributed by atoms with Gasteiger partial charge in [0.25, 0.3) is 0 Å². The number of aromatic amines is 2. The van der Waals surface area contributed by atoms with Gasteiger partial charge >= 0.3 is 0 Å². The van der Waals surface area contributed by atoms with E-state index in [1.54, 1.807) is 31.0 Å². The van der Waals surface area contributed by atoms with Crippen molar-refractivity contribution < 1.29 is 9.53 Å². The molecule has 0 spiro atoms. The number of carbonyl (C=O) groups excluding carboxylic acids is 1. The molecular weight excluding hydrogens is 916 g/mol. The summed E-state index contributed by atoms with van der Waals surface area (Å²) in [7, 11) is 0. The fourth-order valence-corrected chi connectivity index (χ4v) is 9.50. The molecule has 1 amide bonds. The first-order valence-corrected chi connectivity index (χ1v) is 24.6. The summed E-state index contributed by atoms with van der Waals surface area (Å²) in [5.74, 6) is 0.813. The Hall–Kier alpha value is -8.74. The maximum atomic E-state index is 12.6. The summed E-state index contributed by atoms with van der Waals surface area (Å²) in [6.45, 7) is 1.94. The minimum Gasteiger partial charge on any atom is -0.494 e. The number of aromatic nitrogens is 8. The highest BCUT2D eigenvalue weighted by Crippen LogP contribution is 2.38. The molecule has 0 saturated carbocycles. The lowest BCUT2D eigenvalue weighted by molar-refractivity contribution is -0.121. The maximum absolute atomic E-state index is 12.6. The predicted molar refractivity (Wildman–Crippen MR) is 291 cm³/mol. The van der Waals surface area contributed by atoms with Crippen LogP contribution >= 0.6 is 11.6 Å². The number of ether oxygens (including phenoxy) is 1. The topological polar surface area (TPSA) is 159 Å². The number of H-pyrrole nitrogens is 2. The van der Waals surface area contributed by atoms with Crippen LogP contribution in [0.15, 0.2) is 153 Å². The SMILES string of the molecule is O=C(CCCCOc1ccc(-c2c3nc(c(-c4ccncc4)c4ccc([nH]4)c(-c4ccncc4)c4nc(c(-c5ccncc5)c5ccc2[nH]5)C=C4)C=C3)cc1)NCCCCNc1ccnc2cc(Cl)ccc12. The van der Waals surface area contributed by atoms with Crippen LogP contribution in [-0.4, -0.2) is 65.5 Å². The van der Waals surface area contributed by atoms with E-state index in [1.807, 2.05) is 85.2 Å². The molecule has 2 aromatic carbocycles. The third-order valence-corrected chi connectivity index (χ3v) is 13.1. The smallest absolute Gasteiger partial charge is 0.219 e. The van der Waals surface area contributed by atoms with Crippen molar-refractivity contribution in [2.24, 2.45) is 0 Å². The number of amides is 1. The highest BCUT2D eigenvalue weighted by Gasteiger charge is 2.19. The van der Waals surface area contributed by atoms with Crippen LogP contribution in [0.25, 0.3) is 102 Å². The Balaban J connectivity index is 0.841. The van der Waals surface area contributed by atoms with Gasteiger partial charge in [0.05, 0.1) is 34.9 Å². The summed E-state index contributed by atoms with van der Waals surface area (Å²) in [5.41, 5.74) is 16.4. The van der Waals surface area contributed by atoms with Crippen molar-refractivity contribution >= 4 is 80.5 Å². The van der Waals surface area contributed by atoms with Crippen LogP contribution in [0.3, 0.4) is 0 Å². The molecule has 0 radical (unpaired) electrons. The first-order valence-electron chi connectivity index (χ1n) is 24.2. The fourth-order valence-electron chi connectivity index (χ4n) is 9.34. The van der Waals surface area contributed by atoms with Crippen molar-refractivity contribution in [3.8, 4) is 50.3 Å². The van der Waals surface area contributed by atoms with Gasteiger partial charge in [-0.3, -0.25) is 24.7 Å². The number of hydrogen-bond acceptors (Lipinski definition) is 9. The van der Waals surface area contributed by atoms with Gasteiger partial charge in [-0.2, -0.15) is 0 Å². The van der Waals surface area contributed by atoms with Gasteiger partial charge in [-0.05, 0) is 169 Å². The Labute approximate surface area is 421 Å². The van der Waals surface area contributed by atoms with Crippen LogP contribution in [-0.2, 0) is 4.79 Å². The largest absolute Gasteiger partial charge is 0.494 e. The molecule has 0 saturated heterocycles. The molecular formula is C59H49ClN10O2. The fraction of sp³-hybridized carbons (Fsp3) is 0.136. The van der Waals surface area contributed by atoms with Crippen LogP contribution < -0.4 is 15.4 Å². The molecule has 0 aliphatic carbocycles. The average molecular weight is 966 g/mol. The number of unbranched alkanes of at least 4 members (excludes halogenated alkanes) is 2. The van der Waals surface area contributed by atoms with Gasteiger partial charge in [0.1, 0.15) is 5.75 Å². The zero-order chi connectivity index (χ0) is 48.6. The lowest BCUT2D eigenvalue weighted by atomic mass is 10.0. The Kier molecular flexibility index (Phi) is 13.4. The van der Waals surface area contributed by atoms with Crippen molar-refractivity contribution in [1.29, 1.82) is 0 Å². The highest BCUT2D eigenvalue weighted by atomic mass is 35.5. The zero-order valence-corrected chi connectivity index (χ0v) is 40.0. The van der Waals surface area contributed by atoms with E-state index in [9.17, 15) is 4.79 Å². The number of pyridine rings is 4. The number of carbonyl (C=O) groups is 1. The van der Waals surface area contributed by atoms with E-state index in [0.29, 0.717) is 24.6 Å². The molecule has 11 rings (SSSR count). The van der Waals surface area contributed by atoms with E-state index in [-0.39, 0.29) is 5.91 Å². The molecule has 0 fully saturated rings. The summed E-state index contributed by atoms with van der Waals surface area (Å²) >= 11 is 6.14. The third-order valence-electron chi connectivity index (χ3n) is 12.8. The Morgan fingerprint density at radius 1 is 0.514 bits per heavy atom. The molecule has 2 aliphatic heterocycles. The van der Waals surface area contributed by atoms with Crippen molar-refractivity contribution in [2.75, 3.05) is 25.0 Å². The molecule has 12 nitrogen and oxygen atoms in total. The van der Waals surface area contributed by atoms with Gasteiger partial charge in [0, 0.05) is 123 Å². The molecule has 0 unspecified atom stereocenters. The zero-order valence-electron chi connectivity index (χ0n) is 39.3. The monoisotopic (exact) mass is 964 g/mol. The van der Waals surface area contributed by atoms with Gasteiger partial charge < -0.3 is 25.3 Å². The molecule has 72 heavy (non-hydrogen) atoms. The molecule has 354 valence electrons. The number of rotatable bonds is 16. The molecule has 4 N–H and O–H groups in total. The van der Waals surface area contributed by atoms with Crippen molar-refractivity contribution in [2.45, 2.75) is 32.1 Å². The second-order valence-corrected chi connectivity index (χ2v) is 18.0. The maximum Gasteiger partial charge on any atom is 0.219 e. The van der Waals surface area contributed by atoms with E-state index in [0.717, 1.165) is 144 Å². The second-order valence-electron chi connectivity index (χ2n) is 17.5. The summed E-state index contributed by atoms with van der Waals surface area (Å²) in [5, 5.41) is 8.27. The summed E-state index contributed by atoms with van der Waals surface area (Å²) < 4.78 is 6.22. The van der Waals surface area contributed by atoms with Crippen molar-refractivity contribution in [3.05, 3.63) is 180 Å². The number of fused-ring (bicyclic) bond motifs is 9. The molecule has 9 heterocycles. The highest BCUT2D eigenvalue weighted by molar-refractivity contribution is 6.31. The number of nitrogens with zero attached hydrogens (tertiary/aromatic N) is 6. The third kappa shape index (κ3) is 9.99. The Morgan fingerprint density at radius 3 is 1.51 bits per heavy atom. The van der Waals surface area contributed by atoms with Gasteiger partial charge in [-0.1, -0.05) is 23.7 Å². The lowest BCUT2D eigenvalue weighted by Crippen LogP contribution is -2.24. The van der Waals surface area contributed by atoms with Crippen LogP contribution in [0.4, 0.5) is 5.69 Å². The predicted octanol–water partition coefficient (Wildman–Crippen LogP) is 13.3. The second kappa shape index (κ2) is 21.1.